The van der Waals surface area contributed by atoms with Crippen LogP contribution in [-0.4, -0.2) is 24.6 Å². The fraction of sp³-hybridized carbons (Fsp3) is 0.818. The molecule has 1 rings (SSSR count). The van der Waals surface area contributed by atoms with E-state index in [2.05, 4.69) is 0 Å². The first-order chi connectivity index (χ1) is 7.15. The van der Waals surface area contributed by atoms with Gasteiger partial charge in [-0.1, -0.05) is 0 Å². The van der Waals surface area contributed by atoms with Gasteiger partial charge in [-0.15, -0.1) is 0 Å². The van der Waals surface area contributed by atoms with Gasteiger partial charge in [0.15, 0.2) is 5.92 Å². The van der Waals surface area contributed by atoms with E-state index in [1.54, 1.807) is 6.92 Å². The molecule has 0 amide bonds. The number of ether oxygens (including phenoxy) is 2. The predicted molar refractivity (Wildman–Crippen MR) is 54.1 cm³/mol. The zero-order valence-electron chi connectivity index (χ0n) is 9.32. The fourth-order valence-corrected chi connectivity index (χ4v) is 1.64. The monoisotopic (exact) mass is 214 g/mol. The summed E-state index contributed by atoms with van der Waals surface area (Å²) < 4.78 is 9.95. The van der Waals surface area contributed by atoms with Crippen LogP contribution in [0.2, 0.25) is 0 Å². The Morgan fingerprint density at radius 2 is 1.87 bits per heavy atom. The highest BCUT2D eigenvalue weighted by atomic mass is 16.6. The molecule has 86 valence electrons. The first kappa shape index (κ1) is 12.0. The summed E-state index contributed by atoms with van der Waals surface area (Å²) in [5.41, 5.74) is 0. The van der Waals surface area contributed by atoms with E-state index in [-0.39, 0.29) is 6.10 Å². The summed E-state index contributed by atoms with van der Waals surface area (Å²) in [5, 5.41) is 0. The second-order valence-electron chi connectivity index (χ2n) is 3.82. The smallest absolute Gasteiger partial charge is 0.320 e. The van der Waals surface area contributed by atoms with Crippen LogP contribution in [0.5, 0.6) is 0 Å². The van der Waals surface area contributed by atoms with Crippen molar-refractivity contribution in [3.05, 3.63) is 0 Å². The Kier molecular flexibility index (Phi) is 4.59. The van der Waals surface area contributed by atoms with Gasteiger partial charge in [0.1, 0.15) is 6.10 Å². The van der Waals surface area contributed by atoms with Crippen LogP contribution in [0.15, 0.2) is 0 Å². The van der Waals surface area contributed by atoms with Gasteiger partial charge in [-0.05, 0) is 39.5 Å². The highest BCUT2D eigenvalue weighted by Gasteiger charge is 2.28. The Bertz CT molecular complexity index is 231. The van der Waals surface area contributed by atoms with Crippen LogP contribution in [-0.2, 0) is 19.1 Å². The minimum atomic E-state index is -0.800. The number of hydrogen-bond acceptors (Lipinski definition) is 4. The van der Waals surface area contributed by atoms with Crippen molar-refractivity contribution in [3.8, 4) is 0 Å². The summed E-state index contributed by atoms with van der Waals surface area (Å²) in [4.78, 5) is 22.7. The Balaban J connectivity index is 2.34. The van der Waals surface area contributed by atoms with E-state index in [0.29, 0.717) is 6.61 Å². The summed E-state index contributed by atoms with van der Waals surface area (Å²) in [7, 11) is 0. The lowest BCUT2D eigenvalue weighted by molar-refractivity contribution is -0.163. The van der Waals surface area contributed by atoms with Crippen LogP contribution in [0.1, 0.15) is 39.5 Å². The van der Waals surface area contributed by atoms with Gasteiger partial charge in [-0.2, -0.15) is 0 Å². The molecule has 1 aliphatic rings. The zero-order chi connectivity index (χ0) is 11.3. The van der Waals surface area contributed by atoms with Crippen LogP contribution in [0.25, 0.3) is 0 Å². The molecular formula is C11H18O4. The largest absolute Gasteiger partial charge is 0.465 e. The van der Waals surface area contributed by atoms with Gasteiger partial charge in [-0.25, -0.2) is 0 Å². The maximum atomic E-state index is 11.5. The number of esters is 2. The minimum Gasteiger partial charge on any atom is -0.465 e. The molecule has 1 atom stereocenters. The minimum absolute atomic E-state index is 0.00868. The van der Waals surface area contributed by atoms with Crippen molar-refractivity contribution in [1.29, 1.82) is 0 Å². The van der Waals surface area contributed by atoms with Gasteiger partial charge in [0, 0.05) is 0 Å². The Hall–Kier alpha value is -1.06. The van der Waals surface area contributed by atoms with E-state index in [1.807, 2.05) is 0 Å². The summed E-state index contributed by atoms with van der Waals surface area (Å²) in [6.07, 6.45) is 4.05. The fourth-order valence-electron chi connectivity index (χ4n) is 1.64. The topological polar surface area (TPSA) is 52.6 Å². The molecule has 15 heavy (non-hydrogen) atoms. The number of rotatable bonds is 4. The van der Waals surface area contributed by atoms with E-state index < -0.39 is 17.9 Å². The number of carbonyl (C=O) groups excluding carboxylic acids is 2. The molecule has 0 radical (unpaired) electrons. The van der Waals surface area contributed by atoms with E-state index >= 15 is 0 Å². The molecule has 0 aromatic carbocycles. The lowest BCUT2D eigenvalue weighted by Gasteiger charge is -2.14. The van der Waals surface area contributed by atoms with Gasteiger partial charge in [0.2, 0.25) is 0 Å². The zero-order valence-corrected chi connectivity index (χ0v) is 9.32. The summed E-state index contributed by atoms with van der Waals surface area (Å²) in [5.74, 6) is -1.76. The van der Waals surface area contributed by atoms with Gasteiger partial charge in [0.05, 0.1) is 6.61 Å². The highest BCUT2D eigenvalue weighted by Crippen LogP contribution is 2.22. The lowest BCUT2D eigenvalue weighted by atomic mass is 10.2. The van der Waals surface area contributed by atoms with Crippen molar-refractivity contribution in [2.24, 2.45) is 5.92 Å². The van der Waals surface area contributed by atoms with Crippen molar-refractivity contribution in [1.82, 2.24) is 0 Å². The average Bonchev–Trinajstić information content (AvgIpc) is 2.69. The molecule has 1 fully saturated rings. The third kappa shape index (κ3) is 3.53. The second-order valence-corrected chi connectivity index (χ2v) is 3.82. The van der Waals surface area contributed by atoms with Crippen LogP contribution in [0.3, 0.4) is 0 Å². The van der Waals surface area contributed by atoms with Crippen LogP contribution >= 0.6 is 0 Å². The molecule has 0 aromatic heterocycles. The Morgan fingerprint density at radius 1 is 1.27 bits per heavy atom. The van der Waals surface area contributed by atoms with Crippen molar-refractivity contribution in [2.45, 2.75) is 45.6 Å². The van der Waals surface area contributed by atoms with E-state index in [9.17, 15) is 9.59 Å². The van der Waals surface area contributed by atoms with E-state index in [0.717, 1.165) is 25.7 Å². The summed E-state index contributed by atoms with van der Waals surface area (Å²) in [6, 6.07) is 0. The molecule has 0 saturated heterocycles. The third-order valence-electron chi connectivity index (χ3n) is 2.58. The molecule has 0 aromatic rings. The maximum Gasteiger partial charge on any atom is 0.320 e. The molecule has 4 nitrogen and oxygen atoms in total. The van der Waals surface area contributed by atoms with Crippen molar-refractivity contribution in [2.75, 3.05) is 6.61 Å². The second kappa shape index (κ2) is 5.73. The molecule has 0 N–H and O–H groups in total. The molecule has 1 aliphatic carbocycles. The molecule has 0 heterocycles. The predicted octanol–water partition coefficient (Wildman–Crippen LogP) is 1.67. The summed E-state index contributed by atoms with van der Waals surface area (Å²) in [6.45, 7) is 3.53. The molecular weight excluding hydrogens is 196 g/mol. The lowest BCUT2D eigenvalue weighted by Crippen LogP contribution is -2.28. The first-order valence-corrected chi connectivity index (χ1v) is 5.52. The third-order valence-corrected chi connectivity index (χ3v) is 2.58. The number of carbonyl (C=O) groups is 2. The molecule has 0 spiro atoms. The molecule has 0 aliphatic heterocycles. The van der Waals surface area contributed by atoms with E-state index in [4.69, 9.17) is 9.47 Å². The van der Waals surface area contributed by atoms with Gasteiger partial charge < -0.3 is 9.47 Å². The SMILES string of the molecule is CCOC(=O)C(C)C(=O)OC1CCCC1. The average molecular weight is 214 g/mol. The van der Waals surface area contributed by atoms with Crippen molar-refractivity contribution in [3.63, 3.8) is 0 Å². The quantitative estimate of drug-likeness (QED) is 0.527. The molecule has 4 heteroatoms. The van der Waals surface area contributed by atoms with Gasteiger partial charge in [-0.3, -0.25) is 9.59 Å². The molecule has 0 bridgehead atoms. The van der Waals surface area contributed by atoms with Gasteiger partial charge in [0.25, 0.3) is 0 Å². The highest BCUT2D eigenvalue weighted by molar-refractivity contribution is 5.94. The van der Waals surface area contributed by atoms with E-state index in [1.165, 1.54) is 6.92 Å². The normalized spacial score (nSPS) is 18.5. The molecule has 1 saturated carbocycles. The first-order valence-electron chi connectivity index (χ1n) is 5.52. The molecule has 1 unspecified atom stereocenters. The van der Waals surface area contributed by atoms with Crippen LogP contribution in [0.4, 0.5) is 0 Å². The van der Waals surface area contributed by atoms with Crippen LogP contribution < -0.4 is 0 Å². The van der Waals surface area contributed by atoms with Crippen LogP contribution in [0, 0.1) is 5.92 Å². The maximum absolute atomic E-state index is 11.5. The van der Waals surface area contributed by atoms with Gasteiger partial charge >= 0.3 is 11.9 Å². The standard InChI is InChI=1S/C11H18O4/c1-3-14-10(12)8(2)11(13)15-9-6-4-5-7-9/h8-9H,3-7H2,1-2H3. The Morgan fingerprint density at radius 3 is 2.40 bits per heavy atom. The Labute approximate surface area is 89.9 Å². The van der Waals surface area contributed by atoms with Crippen molar-refractivity contribution < 1.29 is 19.1 Å². The number of hydrogen-bond donors (Lipinski definition) is 0. The summed E-state index contributed by atoms with van der Waals surface area (Å²) >= 11 is 0. The van der Waals surface area contributed by atoms with Crippen molar-refractivity contribution >= 4 is 11.9 Å².